The van der Waals surface area contributed by atoms with Crippen molar-refractivity contribution in [3.8, 4) is 11.1 Å². The van der Waals surface area contributed by atoms with E-state index in [0.29, 0.717) is 5.75 Å². The van der Waals surface area contributed by atoms with Crippen molar-refractivity contribution in [1.29, 1.82) is 0 Å². The highest BCUT2D eigenvalue weighted by molar-refractivity contribution is 7.99. The zero-order valence-corrected chi connectivity index (χ0v) is 15.3. The molecule has 1 amide bonds. The minimum atomic E-state index is -1.06. The Hall–Kier alpha value is -2.47. The summed E-state index contributed by atoms with van der Waals surface area (Å²) in [5, 5.41) is 11.6. The largest absolute Gasteiger partial charge is 0.480 e. The second-order valence-electron chi connectivity index (χ2n) is 6.02. The molecule has 0 heterocycles. The predicted octanol–water partition coefficient (Wildman–Crippen LogP) is 3.73. The van der Waals surface area contributed by atoms with E-state index in [2.05, 4.69) is 17.4 Å². The van der Waals surface area contributed by atoms with Crippen LogP contribution in [0, 0.1) is 0 Å². The number of hydrogen-bond acceptors (Lipinski definition) is 4. The maximum Gasteiger partial charge on any atom is 0.407 e. The molecule has 6 heteroatoms. The van der Waals surface area contributed by atoms with E-state index in [4.69, 9.17) is 4.74 Å². The number of thioether (sulfide) groups is 1. The van der Waals surface area contributed by atoms with Gasteiger partial charge in [-0.25, -0.2) is 9.59 Å². The molecule has 0 saturated carbocycles. The quantitative estimate of drug-likeness (QED) is 0.776. The number of aliphatic carboxylic acids is 1. The van der Waals surface area contributed by atoms with Crippen molar-refractivity contribution in [1.82, 2.24) is 5.32 Å². The molecule has 0 fully saturated rings. The highest BCUT2D eigenvalue weighted by atomic mass is 32.2. The molecule has 1 atom stereocenters. The van der Waals surface area contributed by atoms with E-state index in [1.807, 2.05) is 43.3 Å². The van der Waals surface area contributed by atoms with Crippen LogP contribution in [0.5, 0.6) is 0 Å². The van der Waals surface area contributed by atoms with Crippen LogP contribution in [0.15, 0.2) is 48.5 Å². The molecule has 0 aromatic heterocycles. The molecule has 0 unspecified atom stereocenters. The summed E-state index contributed by atoms with van der Waals surface area (Å²) in [6.45, 7) is 2.12. The van der Waals surface area contributed by atoms with Crippen LogP contribution in [-0.4, -0.2) is 41.3 Å². The summed E-state index contributed by atoms with van der Waals surface area (Å²) in [7, 11) is 0. The number of amides is 1. The highest BCUT2D eigenvalue weighted by Gasteiger charge is 2.29. The maximum absolute atomic E-state index is 12.1. The summed E-state index contributed by atoms with van der Waals surface area (Å²) < 4.78 is 5.38. The van der Waals surface area contributed by atoms with E-state index in [9.17, 15) is 14.7 Å². The summed E-state index contributed by atoms with van der Waals surface area (Å²) in [5.41, 5.74) is 4.55. The molecular weight excluding hydrogens is 350 g/mol. The van der Waals surface area contributed by atoms with Crippen molar-refractivity contribution in [3.05, 3.63) is 59.7 Å². The van der Waals surface area contributed by atoms with Gasteiger partial charge in [0, 0.05) is 11.7 Å². The third kappa shape index (κ3) is 3.85. The Bertz CT molecular complexity index is 762. The van der Waals surface area contributed by atoms with Crippen LogP contribution in [0.25, 0.3) is 11.1 Å². The van der Waals surface area contributed by atoms with E-state index < -0.39 is 18.1 Å². The fraction of sp³-hybridized carbons (Fsp3) is 0.300. The highest BCUT2D eigenvalue weighted by Crippen LogP contribution is 2.44. The van der Waals surface area contributed by atoms with Gasteiger partial charge in [-0.3, -0.25) is 0 Å². The van der Waals surface area contributed by atoms with Crippen LogP contribution in [0.3, 0.4) is 0 Å². The number of rotatable bonds is 7. The topological polar surface area (TPSA) is 75.6 Å². The van der Waals surface area contributed by atoms with Crippen LogP contribution >= 0.6 is 11.8 Å². The fourth-order valence-corrected chi connectivity index (χ4v) is 3.89. The fourth-order valence-electron chi connectivity index (χ4n) is 3.19. The smallest absolute Gasteiger partial charge is 0.407 e. The number of hydrogen-bond donors (Lipinski definition) is 2. The van der Waals surface area contributed by atoms with E-state index in [0.717, 1.165) is 28.0 Å². The molecule has 2 N–H and O–H groups in total. The lowest BCUT2D eigenvalue weighted by atomic mass is 9.98. The molecule has 2 aromatic carbocycles. The summed E-state index contributed by atoms with van der Waals surface area (Å²) in [6, 6.07) is 15.2. The standard InChI is InChI=1S/C20H21NO4S/c1-2-26-12-18(19(22)23)21-20(24)25-11-17-15-9-5-3-7-13(15)14-8-4-6-10-16(14)17/h3-10,17-18H,2,11-12H2,1H3,(H,21,24)(H,22,23)/t18-/m1/s1. The lowest BCUT2D eigenvalue weighted by Crippen LogP contribution is -2.43. The van der Waals surface area contributed by atoms with Crippen molar-refractivity contribution in [2.45, 2.75) is 18.9 Å². The number of ether oxygens (including phenoxy) is 1. The molecule has 1 aliphatic rings. The van der Waals surface area contributed by atoms with E-state index in [1.165, 1.54) is 11.8 Å². The average Bonchev–Trinajstić information content (AvgIpc) is 2.97. The second kappa shape index (κ2) is 8.27. The molecule has 0 bridgehead atoms. The predicted molar refractivity (Wildman–Crippen MR) is 103 cm³/mol. The van der Waals surface area contributed by atoms with Gasteiger partial charge >= 0.3 is 12.1 Å². The second-order valence-corrected chi connectivity index (χ2v) is 7.34. The van der Waals surface area contributed by atoms with Gasteiger partial charge in [0.05, 0.1) is 0 Å². The van der Waals surface area contributed by atoms with Gasteiger partial charge in [-0.05, 0) is 28.0 Å². The molecule has 5 nitrogen and oxygen atoms in total. The van der Waals surface area contributed by atoms with Gasteiger partial charge in [-0.15, -0.1) is 0 Å². The lowest BCUT2D eigenvalue weighted by molar-refractivity contribution is -0.138. The molecule has 136 valence electrons. The number of carboxylic acids is 1. The summed E-state index contributed by atoms with van der Waals surface area (Å²) >= 11 is 1.46. The lowest BCUT2D eigenvalue weighted by Gasteiger charge is -2.17. The average molecular weight is 371 g/mol. The molecule has 0 spiro atoms. The third-order valence-corrected chi connectivity index (χ3v) is 5.40. The number of benzene rings is 2. The van der Waals surface area contributed by atoms with E-state index >= 15 is 0 Å². The Kier molecular flexibility index (Phi) is 5.83. The van der Waals surface area contributed by atoms with Crippen LogP contribution in [0.4, 0.5) is 4.79 Å². The van der Waals surface area contributed by atoms with Gasteiger partial charge in [0.15, 0.2) is 0 Å². The Balaban J connectivity index is 1.68. The number of carbonyl (C=O) groups is 2. The monoisotopic (exact) mass is 371 g/mol. The minimum Gasteiger partial charge on any atom is -0.480 e. The molecule has 1 aliphatic carbocycles. The van der Waals surface area contributed by atoms with Crippen molar-refractivity contribution < 1.29 is 19.4 Å². The molecular formula is C20H21NO4S. The Labute approximate surface area is 156 Å². The Morgan fingerprint density at radius 2 is 1.69 bits per heavy atom. The Morgan fingerprint density at radius 1 is 1.12 bits per heavy atom. The normalized spacial score (nSPS) is 13.6. The van der Waals surface area contributed by atoms with Crippen LogP contribution in [0.1, 0.15) is 24.0 Å². The van der Waals surface area contributed by atoms with Crippen molar-refractivity contribution >= 4 is 23.8 Å². The number of carbonyl (C=O) groups excluding carboxylic acids is 1. The summed E-state index contributed by atoms with van der Waals surface area (Å²) in [4.78, 5) is 23.3. The minimum absolute atomic E-state index is 0.0403. The van der Waals surface area contributed by atoms with Crippen LogP contribution in [0.2, 0.25) is 0 Å². The first-order valence-corrected chi connectivity index (χ1v) is 9.69. The first-order chi connectivity index (χ1) is 12.6. The molecule has 0 aliphatic heterocycles. The van der Waals surface area contributed by atoms with Crippen molar-refractivity contribution in [2.75, 3.05) is 18.1 Å². The van der Waals surface area contributed by atoms with Crippen molar-refractivity contribution in [3.63, 3.8) is 0 Å². The van der Waals surface area contributed by atoms with Crippen molar-refractivity contribution in [2.24, 2.45) is 0 Å². The first kappa shape index (κ1) is 18.3. The van der Waals surface area contributed by atoms with Gasteiger partial charge in [-0.1, -0.05) is 55.5 Å². The molecule has 0 saturated heterocycles. The number of fused-ring (bicyclic) bond motifs is 3. The van der Waals surface area contributed by atoms with Crippen LogP contribution in [-0.2, 0) is 9.53 Å². The zero-order valence-electron chi connectivity index (χ0n) is 14.5. The molecule has 26 heavy (non-hydrogen) atoms. The third-order valence-electron chi connectivity index (χ3n) is 4.42. The maximum atomic E-state index is 12.1. The van der Waals surface area contributed by atoms with Gasteiger partial charge in [0.25, 0.3) is 0 Å². The SMILES string of the molecule is CCSC[C@@H](NC(=O)OCC1c2ccccc2-c2ccccc21)C(=O)O. The molecule has 3 rings (SSSR count). The number of carboxylic acid groups (broad SMARTS) is 1. The number of alkyl carbamates (subject to hydrolysis) is 1. The molecule has 0 radical (unpaired) electrons. The van der Waals surface area contributed by atoms with Gasteiger partial charge in [-0.2, -0.15) is 11.8 Å². The van der Waals surface area contributed by atoms with E-state index in [1.54, 1.807) is 0 Å². The summed E-state index contributed by atoms with van der Waals surface area (Å²) in [5.74, 6) is 0.00697. The Morgan fingerprint density at radius 3 is 2.23 bits per heavy atom. The number of nitrogens with one attached hydrogen (secondary N) is 1. The van der Waals surface area contributed by atoms with Gasteiger partial charge in [0.2, 0.25) is 0 Å². The van der Waals surface area contributed by atoms with Gasteiger partial charge in [0.1, 0.15) is 12.6 Å². The van der Waals surface area contributed by atoms with Gasteiger partial charge < -0.3 is 15.2 Å². The first-order valence-electron chi connectivity index (χ1n) is 8.54. The molecule has 2 aromatic rings. The summed E-state index contributed by atoms with van der Waals surface area (Å²) in [6.07, 6.45) is -0.698. The van der Waals surface area contributed by atoms with Crippen LogP contribution < -0.4 is 5.32 Å². The zero-order chi connectivity index (χ0) is 18.5. The van der Waals surface area contributed by atoms with E-state index in [-0.39, 0.29) is 12.5 Å².